The molecule has 1 aromatic carbocycles. The number of carbonyl (C=O) groups excluding carboxylic acids is 1. The predicted molar refractivity (Wildman–Crippen MR) is 54.6 cm³/mol. The predicted octanol–water partition coefficient (Wildman–Crippen LogP) is 0.00960. The Morgan fingerprint density at radius 3 is 3.13 bits per heavy atom. The summed E-state index contributed by atoms with van der Waals surface area (Å²) in [6, 6.07) is 5.19. The van der Waals surface area contributed by atoms with Gasteiger partial charge in [0.25, 0.3) is 5.91 Å². The third kappa shape index (κ3) is 1.79. The number of fused-ring (bicyclic) bond motifs is 1. The van der Waals surface area contributed by atoms with Crippen molar-refractivity contribution in [1.82, 2.24) is 0 Å². The lowest BCUT2D eigenvalue weighted by atomic mass is 10.1. The number of rotatable bonds is 2. The van der Waals surface area contributed by atoms with Gasteiger partial charge in [0.1, 0.15) is 5.75 Å². The number of para-hydroxylation sites is 1. The molecule has 0 bridgehead atoms. The lowest BCUT2D eigenvalue weighted by molar-refractivity contribution is -0.118. The van der Waals surface area contributed by atoms with Gasteiger partial charge in [-0.05, 0) is 6.07 Å². The minimum absolute atomic E-state index is 0.0265. The Kier molecular flexibility index (Phi) is 2.57. The Morgan fingerprint density at radius 1 is 1.60 bits per heavy atom. The molecule has 0 saturated carbocycles. The van der Waals surface area contributed by atoms with Crippen LogP contribution in [0.25, 0.3) is 0 Å². The summed E-state index contributed by atoms with van der Waals surface area (Å²) in [6.07, 6.45) is -0.769. The molecule has 5 nitrogen and oxygen atoms in total. The second-order valence-corrected chi connectivity index (χ2v) is 3.31. The van der Waals surface area contributed by atoms with E-state index in [1.807, 2.05) is 0 Å². The molecule has 0 aromatic heterocycles. The van der Waals surface area contributed by atoms with Crippen LogP contribution in [0.4, 0.5) is 5.69 Å². The van der Waals surface area contributed by atoms with Gasteiger partial charge in [-0.1, -0.05) is 12.1 Å². The lowest BCUT2D eigenvalue weighted by Gasteiger charge is -2.22. The van der Waals surface area contributed by atoms with E-state index < -0.39 is 6.10 Å². The molecule has 1 heterocycles. The van der Waals surface area contributed by atoms with Gasteiger partial charge in [-0.2, -0.15) is 0 Å². The Morgan fingerprint density at radius 2 is 2.40 bits per heavy atom. The van der Waals surface area contributed by atoms with Crippen LogP contribution < -0.4 is 15.8 Å². The molecule has 0 fully saturated rings. The van der Waals surface area contributed by atoms with Crippen molar-refractivity contribution in [3.63, 3.8) is 0 Å². The van der Waals surface area contributed by atoms with Crippen LogP contribution in [0.3, 0.4) is 0 Å². The fourth-order valence-corrected chi connectivity index (χ4v) is 1.53. The maximum atomic E-state index is 11.1. The van der Waals surface area contributed by atoms with Gasteiger partial charge < -0.3 is 20.9 Å². The molecule has 0 radical (unpaired) electrons. The van der Waals surface area contributed by atoms with Crippen LogP contribution in [0.15, 0.2) is 18.2 Å². The molecule has 1 aliphatic rings. The highest BCUT2D eigenvalue weighted by atomic mass is 16.5. The molecule has 15 heavy (non-hydrogen) atoms. The molecule has 4 N–H and O–H groups in total. The van der Waals surface area contributed by atoms with Gasteiger partial charge >= 0.3 is 0 Å². The van der Waals surface area contributed by atoms with E-state index in [0.717, 1.165) is 0 Å². The second kappa shape index (κ2) is 3.88. The maximum absolute atomic E-state index is 11.1. The van der Waals surface area contributed by atoms with E-state index in [-0.39, 0.29) is 19.1 Å². The van der Waals surface area contributed by atoms with Crippen molar-refractivity contribution in [2.24, 2.45) is 5.73 Å². The van der Waals surface area contributed by atoms with Crippen molar-refractivity contribution in [1.29, 1.82) is 0 Å². The number of aliphatic hydroxyl groups excluding tert-OH is 1. The van der Waals surface area contributed by atoms with Crippen molar-refractivity contribution in [3.8, 4) is 5.75 Å². The Balaban J connectivity index is 2.41. The normalized spacial score (nSPS) is 16.3. The summed E-state index contributed by atoms with van der Waals surface area (Å²) >= 11 is 0. The van der Waals surface area contributed by atoms with Crippen molar-refractivity contribution < 1.29 is 14.6 Å². The smallest absolute Gasteiger partial charge is 0.262 e. The quantitative estimate of drug-likeness (QED) is 0.639. The van der Waals surface area contributed by atoms with Gasteiger partial charge in [-0.3, -0.25) is 4.79 Å². The fraction of sp³-hybridized carbons (Fsp3) is 0.300. The first-order valence-corrected chi connectivity index (χ1v) is 4.66. The van der Waals surface area contributed by atoms with Gasteiger partial charge in [0.2, 0.25) is 0 Å². The van der Waals surface area contributed by atoms with Gasteiger partial charge in [-0.15, -0.1) is 0 Å². The van der Waals surface area contributed by atoms with Gasteiger partial charge in [0.15, 0.2) is 6.61 Å². The average Bonchev–Trinajstić information content (AvgIpc) is 2.26. The molecule has 5 heteroatoms. The number of carbonyl (C=O) groups is 1. The van der Waals surface area contributed by atoms with Crippen LogP contribution in [0, 0.1) is 0 Å². The van der Waals surface area contributed by atoms with Crippen LogP contribution in [0.1, 0.15) is 11.7 Å². The highest BCUT2D eigenvalue weighted by Crippen LogP contribution is 2.34. The number of aliphatic hydroxyl groups is 1. The highest BCUT2D eigenvalue weighted by Gasteiger charge is 2.21. The number of benzene rings is 1. The average molecular weight is 208 g/mol. The topological polar surface area (TPSA) is 84.6 Å². The van der Waals surface area contributed by atoms with E-state index in [9.17, 15) is 9.90 Å². The Bertz CT molecular complexity index is 392. The molecule has 1 amide bonds. The molecule has 0 spiro atoms. The minimum atomic E-state index is -0.769. The monoisotopic (exact) mass is 208 g/mol. The summed E-state index contributed by atoms with van der Waals surface area (Å²) in [5.74, 6) is 0.317. The van der Waals surface area contributed by atoms with Gasteiger partial charge in [0.05, 0.1) is 11.8 Å². The summed E-state index contributed by atoms with van der Waals surface area (Å²) in [6.45, 7) is 0.0923. The van der Waals surface area contributed by atoms with Crippen LogP contribution in [-0.4, -0.2) is 24.2 Å². The zero-order chi connectivity index (χ0) is 10.8. The van der Waals surface area contributed by atoms with Crippen LogP contribution in [0.2, 0.25) is 0 Å². The zero-order valence-corrected chi connectivity index (χ0v) is 8.06. The zero-order valence-electron chi connectivity index (χ0n) is 8.06. The number of amides is 1. The molecule has 1 unspecified atom stereocenters. The number of hydrogen-bond acceptors (Lipinski definition) is 4. The molecule has 0 saturated heterocycles. The standard InChI is InChI=1S/C10H12N2O3/c11-4-8(13)6-2-1-3-7-10(6)15-5-9(14)12-7/h1-3,8,13H,4-5,11H2,(H,12,14). The molecule has 2 rings (SSSR count). The van der Waals surface area contributed by atoms with Crippen molar-refractivity contribution in [2.45, 2.75) is 6.10 Å². The third-order valence-electron chi connectivity index (χ3n) is 2.25. The summed E-state index contributed by atoms with van der Waals surface area (Å²) < 4.78 is 5.26. The summed E-state index contributed by atoms with van der Waals surface area (Å²) in [5.41, 5.74) is 6.56. The van der Waals surface area contributed by atoms with Crippen LogP contribution in [0.5, 0.6) is 5.75 Å². The van der Waals surface area contributed by atoms with E-state index in [1.165, 1.54) is 0 Å². The number of nitrogens with one attached hydrogen (secondary N) is 1. The molecule has 0 aliphatic carbocycles. The second-order valence-electron chi connectivity index (χ2n) is 3.31. The molecular formula is C10H12N2O3. The fourth-order valence-electron chi connectivity index (χ4n) is 1.53. The lowest BCUT2D eigenvalue weighted by Crippen LogP contribution is -2.26. The first-order chi connectivity index (χ1) is 7.22. The highest BCUT2D eigenvalue weighted by molar-refractivity contribution is 5.95. The van der Waals surface area contributed by atoms with E-state index >= 15 is 0 Å². The first-order valence-electron chi connectivity index (χ1n) is 4.66. The van der Waals surface area contributed by atoms with Crippen molar-refractivity contribution >= 4 is 11.6 Å². The van der Waals surface area contributed by atoms with E-state index in [0.29, 0.717) is 17.0 Å². The number of hydrogen-bond donors (Lipinski definition) is 3. The van der Waals surface area contributed by atoms with E-state index in [2.05, 4.69) is 5.32 Å². The van der Waals surface area contributed by atoms with Gasteiger partial charge in [-0.25, -0.2) is 0 Å². The molecule has 80 valence electrons. The Hall–Kier alpha value is -1.59. The van der Waals surface area contributed by atoms with Gasteiger partial charge in [0, 0.05) is 12.1 Å². The maximum Gasteiger partial charge on any atom is 0.262 e. The van der Waals surface area contributed by atoms with Crippen molar-refractivity contribution in [3.05, 3.63) is 23.8 Å². The van der Waals surface area contributed by atoms with Crippen LogP contribution >= 0.6 is 0 Å². The van der Waals surface area contributed by atoms with E-state index in [4.69, 9.17) is 10.5 Å². The molecule has 1 aliphatic heterocycles. The third-order valence-corrected chi connectivity index (χ3v) is 2.25. The minimum Gasteiger partial charge on any atom is -0.481 e. The molecular weight excluding hydrogens is 196 g/mol. The molecule has 1 atom stereocenters. The summed E-state index contributed by atoms with van der Waals surface area (Å²) in [7, 11) is 0. The summed E-state index contributed by atoms with van der Waals surface area (Å²) in [4.78, 5) is 11.1. The van der Waals surface area contributed by atoms with E-state index in [1.54, 1.807) is 18.2 Å². The summed E-state index contributed by atoms with van der Waals surface area (Å²) in [5, 5.41) is 12.3. The first kappa shape index (κ1) is 9.95. The Labute approximate surface area is 86.8 Å². The number of ether oxygens (including phenoxy) is 1. The largest absolute Gasteiger partial charge is 0.481 e. The number of nitrogens with two attached hydrogens (primary N) is 1. The van der Waals surface area contributed by atoms with Crippen molar-refractivity contribution in [2.75, 3.05) is 18.5 Å². The number of anilines is 1. The van der Waals surface area contributed by atoms with Crippen LogP contribution in [-0.2, 0) is 4.79 Å². The SMILES string of the molecule is NCC(O)c1cccc2c1OCC(=O)N2. The molecule has 1 aromatic rings.